The smallest absolute Gasteiger partial charge is 0.172 e. The van der Waals surface area contributed by atoms with Gasteiger partial charge in [-0.05, 0) is 36.7 Å². The molecule has 6 aromatic rings. The first-order valence-electron chi connectivity index (χ1n) is 18.5. The maximum absolute atomic E-state index is 2.57. The van der Waals surface area contributed by atoms with Crippen molar-refractivity contribution in [1.82, 2.24) is 0 Å². The molecule has 0 heterocycles. The molecule has 10 rings (SSSR count). The van der Waals surface area contributed by atoms with Gasteiger partial charge in [-0.1, -0.05) is 66.0 Å². The zero-order valence-corrected chi connectivity index (χ0v) is 33.5. The molecule has 3 heteroatoms. The van der Waals surface area contributed by atoms with Gasteiger partial charge in [0.15, 0.2) is 0 Å². The summed E-state index contributed by atoms with van der Waals surface area (Å²) in [5.41, 5.74) is 12.6. The molecule has 0 bridgehead atoms. The molecule has 2 atom stereocenters. The van der Waals surface area contributed by atoms with E-state index in [2.05, 4.69) is 128 Å². The summed E-state index contributed by atoms with van der Waals surface area (Å²) in [5.74, 6) is 1.60. The van der Waals surface area contributed by atoms with Gasteiger partial charge in [-0.25, -0.2) is 24.1 Å². The normalized spacial score (nSPS) is 17.8. The van der Waals surface area contributed by atoms with Crippen molar-refractivity contribution in [2.75, 3.05) is 0 Å². The zero-order chi connectivity index (χ0) is 33.7. The first-order valence-corrected chi connectivity index (χ1v) is 19.7. The number of benzene rings is 5. The van der Waals surface area contributed by atoms with E-state index in [1.165, 1.54) is 94.6 Å². The number of halogens is 2. The van der Waals surface area contributed by atoms with Gasteiger partial charge in [-0.3, -0.25) is 0 Å². The fourth-order valence-electron chi connectivity index (χ4n) is 8.79. The van der Waals surface area contributed by atoms with Gasteiger partial charge in [0, 0.05) is 0 Å². The molecule has 0 saturated heterocycles. The second-order valence-electron chi connectivity index (χ2n) is 14.1. The van der Waals surface area contributed by atoms with E-state index in [4.69, 9.17) is 0 Å². The van der Waals surface area contributed by atoms with Crippen LogP contribution < -0.4 is 24.8 Å². The van der Waals surface area contributed by atoms with Crippen LogP contribution in [-0.4, -0.2) is 3.21 Å². The van der Waals surface area contributed by atoms with E-state index in [0.29, 0.717) is 0 Å². The summed E-state index contributed by atoms with van der Waals surface area (Å²) in [6.07, 6.45) is 17.4. The molecule has 260 valence electrons. The third-order valence-electron chi connectivity index (χ3n) is 11.0. The molecule has 4 aliphatic rings. The molecule has 0 nitrogen and oxygen atoms in total. The molecule has 0 spiro atoms. The van der Waals surface area contributed by atoms with Crippen molar-refractivity contribution in [2.24, 2.45) is 11.8 Å². The van der Waals surface area contributed by atoms with E-state index in [0.717, 1.165) is 31.1 Å². The summed E-state index contributed by atoms with van der Waals surface area (Å²) < 4.78 is 1.59. The SMILES string of the molecule is C1=CC2=C3C(=C4[CH-]CCCC4C2CC1)Cc1ccccc13.[Cl-].[Cl-].[Zr+2]=[C](Cc1cccc2ccccc12)Cc1cccc2ccccc12.c1cc[cH-]c1. The summed E-state index contributed by atoms with van der Waals surface area (Å²) in [5, 5.41) is 5.45. The van der Waals surface area contributed by atoms with E-state index < -0.39 is 0 Å². The van der Waals surface area contributed by atoms with Crippen LogP contribution >= 0.6 is 0 Å². The van der Waals surface area contributed by atoms with Crippen LogP contribution in [0.25, 0.3) is 27.1 Å². The molecule has 0 N–H and O–H groups in total. The second-order valence-corrected chi connectivity index (χ2v) is 15.9. The van der Waals surface area contributed by atoms with Crippen LogP contribution in [0.1, 0.15) is 54.4 Å². The minimum absolute atomic E-state index is 0. The number of fused-ring (bicyclic) bond motifs is 8. The van der Waals surface area contributed by atoms with Gasteiger partial charge < -0.3 is 24.8 Å². The molecule has 2 unspecified atom stereocenters. The number of allylic oxidation sites excluding steroid dienone is 6. The summed E-state index contributed by atoms with van der Waals surface area (Å²) in [7, 11) is 0. The molecule has 52 heavy (non-hydrogen) atoms. The standard InChI is InChI=1S/C23H18.C21H21.C5H5.2ClH.Zr/c1-3-16-22-18(8-1)10-5-12-20(22)14-7-15-21-13-6-11-19-9-2-4-17-23(19)21;1-2-8-15-14(7-1)13-20-18-11-4-3-9-16(18)17-10-5-6-12-19(17)21(15)20;1-2-4-5-3-1;;;/h1-6,8-13,16-17H,14-15H2;1-2,6-8,11-12,16-17H,3-5,9-10,13H2;1-5H;2*1H;/q;2*-1;;;+2/p-2. The first-order chi connectivity index (χ1) is 24.7. The Morgan fingerprint density at radius 2 is 1.27 bits per heavy atom. The van der Waals surface area contributed by atoms with Gasteiger partial charge in [0.1, 0.15) is 0 Å². The van der Waals surface area contributed by atoms with E-state index in [1.807, 2.05) is 30.3 Å². The maximum atomic E-state index is 2.57. The summed E-state index contributed by atoms with van der Waals surface area (Å²) in [6, 6.07) is 49.8. The van der Waals surface area contributed by atoms with Crippen LogP contribution in [0.4, 0.5) is 0 Å². The molecule has 0 amide bonds. The van der Waals surface area contributed by atoms with E-state index in [-0.39, 0.29) is 24.8 Å². The topological polar surface area (TPSA) is 0 Å². The van der Waals surface area contributed by atoms with Crippen LogP contribution in [0.5, 0.6) is 0 Å². The van der Waals surface area contributed by atoms with Crippen LogP contribution in [0.15, 0.2) is 168 Å². The Balaban J connectivity index is 0.000000153. The molecule has 1 saturated carbocycles. The van der Waals surface area contributed by atoms with Gasteiger partial charge in [0.2, 0.25) is 0 Å². The van der Waals surface area contributed by atoms with E-state index >= 15 is 0 Å². The summed E-state index contributed by atoms with van der Waals surface area (Å²) >= 11 is 1.53. The van der Waals surface area contributed by atoms with Crippen molar-refractivity contribution >= 4 is 30.3 Å². The average Bonchev–Trinajstić information content (AvgIpc) is 3.89. The van der Waals surface area contributed by atoms with Gasteiger partial charge >= 0.3 is 158 Å². The molecule has 6 aromatic carbocycles. The van der Waals surface area contributed by atoms with E-state index in [9.17, 15) is 0 Å². The largest absolute Gasteiger partial charge is 0.214 e. The Morgan fingerprint density at radius 3 is 1.92 bits per heavy atom. The minimum atomic E-state index is 0. The Morgan fingerprint density at radius 1 is 0.654 bits per heavy atom. The molecule has 1 fully saturated rings. The molecule has 0 aromatic heterocycles. The van der Waals surface area contributed by atoms with Crippen molar-refractivity contribution < 1.29 is 49.0 Å². The third kappa shape index (κ3) is 8.14. The fourth-order valence-corrected chi connectivity index (χ4v) is 9.73. The van der Waals surface area contributed by atoms with Gasteiger partial charge in [-0.2, -0.15) is 23.8 Å². The van der Waals surface area contributed by atoms with E-state index in [1.54, 1.807) is 31.1 Å². The van der Waals surface area contributed by atoms with Crippen LogP contribution in [0, 0.1) is 18.3 Å². The van der Waals surface area contributed by atoms with Crippen molar-refractivity contribution in [2.45, 2.75) is 51.4 Å². The molecule has 4 aliphatic carbocycles. The second kappa shape index (κ2) is 17.9. The Labute approximate surface area is 337 Å². The monoisotopic (exact) mass is 792 g/mol. The molecular weight excluding hydrogens is 751 g/mol. The van der Waals surface area contributed by atoms with Crippen LogP contribution in [0.3, 0.4) is 0 Å². The van der Waals surface area contributed by atoms with Gasteiger partial charge in [0.05, 0.1) is 0 Å². The fraction of sp³-hybridized carbons (Fsp3) is 0.204. The Bertz CT molecular complexity index is 2120. The Hall–Kier alpha value is -3.61. The van der Waals surface area contributed by atoms with Gasteiger partial charge in [0.25, 0.3) is 0 Å². The quantitative estimate of drug-likeness (QED) is 0.187. The number of hydrogen-bond acceptors (Lipinski definition) is 0. The van der Waals surface area contributed by atoms with Crippen molar-refractivity contribution in [1.29, 1.82) is 0 Å². The van der Waals surface area contributed by atoms with Crippen molar-refractivity contribution in [3.63, 3.8) is 0 Å². The van der Waals surface area contributed by atoms with Crippen LogP contribution in [0.2, 0.25) is 0 Å². The minimum Gasteiger partial charge on any atom is -0.214 e. The number of hydrogen-bond donors (Lipinski definition) is 0. The zero-order valence-electron chi connectivity index (χ0n) is 29.6. The molecule has 0 radical (unpaired) electrons. The molecule has 0 aliphatic heterocycles. The molecular formula is C49H44Cl2Zr-2. The maximum Gasteiger partial charge on any atom is -0.172 e. The Kier molecular flexibility index (Phi) is 13.2. The third-order valence-corrected chi connectivity index (χ3v) is 11.9. The number of rotatable bonds is 4. The summed E-state index contributed by atoms with van der Waals surface area (Å²) in [6.45, 7) is 0. The van der Waals surface area contributed by atoms with Crippen molar-refractivity contribution in [3.8, 4) is 0 Å². The van der Waals surface area contributed by atoms with Crippen LogP contribution in [-0.2, 0) is 43.5 Å². The average molecular weight is 795 g/mol. The van der Waals surface area contributed by atoms with Crippen molar-refractivity contribution in [3.05, 3.63) is 197 Å². The predicted octanol–water partition coefficient (Wildman–Crippen LogP) is 6.19. The predicted molar refractivity (Wildman–Crippen MR) is 210 cm³/mol. The summed E-state index contributed by atoms with van der Waals surface area (Å²) in [4.78, 5) is 0. The van der Waals surface area contributed by atoms with Gasteiger partial charge in [-0.15, -0.1) is 6.42 Å². The first kappa shape index (κ1) is 38.1.